The van der Waals surface area contributed by atoms with Gasteiger partial charge in [-0.3, -0.25) is 38.4 Å². The Morgan fingerprint density at radius 3 is 1.16 bits per heavy atom. The molecule has 20 N–H and O–H groups in total. The molecule has 0 unspecified atom stereocenters. The minimum atomic E-state index is -3.28. The smallest absolute Gasteiger partial charge is 0.364 e. The zero-order chi connectivity index (χ0) is 74.4. The molecule has 6 heterocycles. The van der Waals surface area contributed by atoms with Gasteiger partial charge in [0.15, 0.2) is 25.2 Å². The van der Waals surface area contributed by atoms with Gasteiger partial charge in [-0.15, -0.1) is 0 Å². The van der Waals surface area contributed by atoms with Crippen molar-refractivity contribution in [2.45, 2.75) is 291 Å². The lowest BCUT2D eigenvalue weighted by molar-refractivity contribution is -0.362. The Morgan fingerprint density at radius 1 is 0.434 bits per heavy atom. The highest BCUT2D eigenvalue weighted by atomic mass is 16.8. The first-order valence-corrected chi connectivity index (χ1v) is 31.7. The molecule has 41 heteroatoms. The van der Waals surface area contributed by atoms with E-state index in [-0.39, 0.29) is 0 Å². The molecule has 6 fully saturated rings. The number of amides is 8. The van der Waals surface area contributed by atoms with E-state index in [2.05, 4.69) is 42.5 Å². The van der Waals surface area contributed by atoms with Gasteiger partial charge in [-0.2, -0.15) is 0 Å². The van der Waals surface area contributed by atoms with Crippen LogP contribution < -0.4 is 42.5 Å². The van der Waals surface area contributed by atoms with Crippen LogP contribution in [-0.4, -0.2) is 329 Å². The number of carbonyl (C=O) groups excluding carboxylic acids is 8. The van der Waals surface area contributed by atoms with Crippen LogP contribution in [0.1, 0.15) is 95.9 Å². The van der Waals surface area contributed by atoms with E-state index >= 15 is 0 Å². The number of hydrogen-bond donors (Lipinski definition) is 20. The number of carboxylic acid groups (broad SMARTS) is 2. The number of rotatable bonds is 26. The van der Waals surface area contributed by atoms with Crippen LogP contribution in [0.5, 0.6) is 0 Å². The molecule has 0 aromatic rings. The van der Waals surface area contributed by atoms with Crippen LogP contribution in [0.4, 0.5) is 0 Å². The molecule has 0 saturated carbocycles. The molecule has 6 rings (SSSR count). The predicted molar refractivity (Wildman–Crippen MR) is 321 cm³/mol. The van der Waals surface area contributed by atoms with E-state index in [1.54, 1.807) is 0 Å². The van der Waals surface area contributed by atoms with Crippen molar-refractivity contribution in [2.24, 2.45) is 0 Å². The Labute approximate surface area is 565 Å². The van der Waals surface area contributed by atoms with Crippen LogP contribution in [0.25, 0.3) is 0 Å². The summed E-state index contributed by atoms with van der Waals surface area (Å²) >= 11 is 0. The van der Waals surface area contributed by atoms with E-state index in [9.17, 15) is 109 Å². The maximum absolute atomic E-state index is 14.1. The van der Waals surface area contributed by atoms with E-state index in [0.29, 0.717) is 0 Å². The Kier molecular flexibility index (Phi) is 28.3. The second-order valence-corrected chi connectivity index (χ2v) is 25.5. The minimum Gasteiger partial charge on any atom is -0.477 e. The molecule has 99 heavy (non-hydrogen) atoms. The summed E-state index contributed by atoms with van der Waals surface area (Å²) in [6.07, 6.45) is -42.3. The van der Waals surface area contributed by atoms with Crippen LogP contribution in [0, 0.1) is 0 Å². The Morgan fingerprint density at radius 2 is 0.788 bits per heavy atom. The number of nitrogens with one attached hydrogen (secondary N) is 8. The summed E-state index contributed by atoms with van der Waals surface area (Å²) in [6, 6.07) is -13.8. The first-order chi connectivity index (χ1) is 46.1. The summed E-state index contributed by atoms with van der Waals surface area (Å²) in [5.74, 6) is -17.2. The van der Waals surface area contributed by atoms with Gasteiger partial charge in [0, 0.05) is 68.2 Å². The Balaban J connectivity index is 1.39. The van der Waals surface area contributed by atoms with Crippen molar-refractivity contribution >= 4 is 59.2 Å². The van der Waals surface area contributed by atoms with E-state index in [1.807, 2.05) is 0 Å². The van der Waals surface area contributed by atoms with Gasteiger partial charge in [-0.1, -0.05) is 0 Å². The van der Waals surface area contributed by atoms with E-state index in [4.69, 9.17) is 52.1 Å². The third kappa shape index (κ3) is 19.5. The number of aliphatic carboxylic acids is 2. The Hall–Kier alpha value is -6.14. The quantitative estimate of drug-likeness (QED) is 0.0382. The van der Waals surface area contributed by atoms with Crippen LogP contribution >= 0.6 is 0 Å². The van der Waals surface area contributed by atoms with E-state index in [1.165, 1.54) is 27.7 Å². The monoisotopic (exact) mass is 1430 g/mol. The maximum Gasteiger partial charge on any atom is 0.364 e. The normalized spacial score (nSPS) is 40.6. The van der Waals surface area contributed by atoms with Crippen molar-refractivity contribution in [3.05, 3.63) is 0 Å². The summed E-state index contributed by atoms with van der Waals surface area (Å²) in [5, 5.41) is 154. The van der Waals surface area contributed by atoms with Crippen LogP contribution in [-0.2, 0) is 100 Å². The van der Waals surface area contributed by atoms with Gasteiger partial charge in [0.25, 0.3) is 11.6 Å². The summed E-state index contributed by atoms with van der Waals surface area (Å²) in [7, 11) is 0. The fraction of sp³-hybridized carbons (Fsp3) is 0.828. The van der Waals surface area contributed by atoms with E-state index < -0.39 is 280 Å². The third-order valence-corrected chi connectivity index (χ3v) is 17.5. The third-order valence-electron chi connectivity index (χ3n) is 17.5. The molecule has 6 saturated heterocycles. The summed E-state index contributed by atoms with van der Waals surface area (Å²) < 4.78 is 67.5. The largest absolute Gasteiger partial charge is 0.477 e. The molecule has 0 aliphatic carbocycles. The Bertz CT molecular complexity index is 2870. The fourth-order valence-electron chi connectivity index (χ4n) is 12.9. The van der Waals surface area contributed by atoms with Crippen molar-refractivity contribution in [1.82, 2.24) is 42.5 Å². The average molecular weight is 1430 g/mol. The molecule has 41 nitrogen and oxygen atoms in total. The average Bonchev–Trinajstić information content (AvgIpc) is 0.752. The number of carbonyl (C=O) groups is 10. The second-order valence-electron chi connectivity index (χ2n) is 25.5. The van der Waals surface area contributed by atoms with Gasteiger partial charge in [0.1, 0.15) is 97.4 Å². The molecular weight excluding hydrogens is 1340 g/mol. The molecule has 8 amide bonds. The molecule has 0 aromatic carbocycles. The molecule has 0 radical (unpaired) electrons. The zero-order valence-corrected chi connectivity index (χ0v) is 56.1. The van der Waals surface area contributed by atoms with Gasteiger partial charge >= 0.3 is 11.9 Å². The second kappa shape index (κ2) is 34.2. The number of aliphatic hydroxyl groups excluding tert-OH is 9. The highest BCUT2D eigenvalue weighted by Gasteiger charge is 2.62. The van der Waals surface area contributed by atoms with Gasteiger partial charge in [0.05, 0.1) is 74.0 Å². The first kappa shape index (κ1) is 81.8. The molecule has 6 aliphatic rings. The maximum atomic E-state index is 14.1. The van der Waals surface area contributed by atoms with Gasteiger partial charge < -0.3 is 156 Å². The molecule has 564 valence electrons. The highest BCUT2D eigenvalue weighted by molar-refractivity contribution is 5.79. The fourth-order valence-corrected chi connectivity index (χ4v) is 12.9. The van der Waals surface area contributed by atoms with Crippen LogP contribution in [0.2, 0.25) is 0 Å². The topological polar surface area (TPSA) is 611 Å². The van der Waals surface area contributed by atoms with Crippen molar-refractivity contribution in [3.63, 3.8) is 0 Å². The highest BCUT2D eigenvalue weighted by Crippen LogP contribution is 2.41. The van der Waals surface area contributed by atoms with Crippen LogP contribution in [0.15, 0.2) is 0 Å². The van der Waals surface area contributed by atoms with Crippen molar-refractivity contribution in [3.8, 4) is 0 Å². The van der Waals surface area contributed by atoms with Crippen LogP contribution in [0.3, 0.4) is 0 Å². The van der Waals surface area contributed by atoms with Crippen molar-refractivity contribution in [1.29, 1.82) is 0 Å². The van der Waals surface area contributed by atoms with Gasteiger partial charge in [0.2, 0.25) is 47.3 Å². The SMILES string of the molecule is CC(=O)N[C@@H]1[C@H](O[C@H]2[C@H](O)[C@@H](CO)O[C@H](O[C@@H](C)[C@@H](NC(C)=O)[C@@H]3O[C@@](O[C@@H]4[C@H](O)[C@H](C)O[C@@H](O[C@H]5[C@H](O)[C@@H](CO)O[C@H](O[C@@H](C)[C@@H](NC(C)=O)[C@@H]6O[C@](O)(C(=O)O)C[C@H](O)[C@H]6NC(C)=O)[C@@H]5NC(C)=O)[C@H]4NC(C)=O)(C(=O)O)C[C@H](O)[C@H]3NC(C)=O)[C@@H]2NC(C)=O)O[C@@H](C)[C@@H](O)[C@H]1O. The number of carboxylic acids is 2. The number of hydrogen-bond acceptors (Lipinski definition) is 31. The number of ether oxygens (including phenoxy) is 11. The lowest BCUT2D eigenvalue weighted by Crippen LogP contribution is -2.73. The lowest BCUT2D eigenvalue weighted by atomic mass is 9.86. The molecular formula is C58H94N8O33. The first-order valence-electron chi connectivity index (χ1n) is 31.7. The van der Waals surface area contributed by atoms with Crippen molar-refractivity contribution in [2.75, 3.05) is 13.2 Å². The molecule has 0 bridgehead atoms. The predicted octanol–water partition coefficient (Wildman–Crippen LogP) is -10.4. The standard InChI is InChI=1S/C58H94N8O33/c1-17(33(59-21(5)69)46-35(61-23(7)71)29(77)13-57(88,97-46)55(84)85)89-53-39(65-27(11)75)49(44(82)32(16-68)94-53)96-54-40(66-28(12)76)50(42(80)20(4)92-54)99-58(56(86)87)14-30(78)36(62-24(8)72)47(98-58)34(60-22(6)70)18(2)90-52-38(64-26(10)74)48(43(81)31(15-67)93-52)95-51-37(63-25(9)73)45(83)41(79)19(3)91-51/h17-20,29-54,67-68,77-83,88H,13-16H2,1-12H3,(H,59,69)(H,60,70)(H,61,71)(H,62,72)(H,63,73)(H,64,74)(H,65,75)(H,66,76)(H,84,85)(H,86,87)/t17-,18-,19-,20-,29-,30-,31+,32+,33+,34+,35+,36+,37-,38+,39+,40-,41+,42+,43+,44+,45-,46-,47-,48+,49+,50-,51-,52-,53-,54-,57-,58-/m0/s1. The van der Waals surface area contributed by atoms with Crippen molar-refractivity contribution < 1.29 is 161 Å². The van der Waals surface area contributed by atoms with Gasteiger partial charge in [-0.25, -0.2) is 9.59 Å². The molecule has 32 atom stereocenters. The zero-order valence-electron chi connectivity index (χ0n) is 56.1. The number of aliphatic hydroxyl groups is 10. The molecule has 0 aromatic heterocycles. The molecule has 6 aliphatic heterocycles. The summed E-state index contributed by atoms with van der Waals surface area (Å²) in [5.41, 5.74) is 0. The van der Waals surface area contributed by atoms with E-state index in [0.717, 1.165) is 55.4 Å². The van der Waals surface area contributed by atoms with Gasteiger partial charge in [-0.05, 0) is 27.7 Å². The summed E-state index contributed by atoms with van der Waals surface area (Å²) in [6.45, 7) is 11.1. The minimum absolute atomic E-state index is 0.723. The lowest BCUT2D eigenvalue weighted by Gasteiger charge is -2.52. The molecule has 0 spiro atoms. The summed E-state index contributed by atoms with van der Waals surface area (Å²) in [4.78, 5) is 130.